The molecular formula is C23H27N3O5. The number of morpholine rings is 1. The number of benzene rings is 2. The lowest BCUT2D eigenvalue weighted by Gasteiger charge is -2.35. The Kier molecular flexibility index (Phi) is 6.39. The largest absolute Gasteiger partial charge is 0.497 e. The van der Waals surface area contributed by atoms with E-state index in [-0.39, 0.29) is 11.8 Å². The van der Waals surface area contributed by atoms with Gasteiger partial charge in [-0.3, -0.25) is 14.5 Å². The summed E-state index contributed by atoms with van der Waals surface area (Å²) in [6.45, 7) is 6.21. The highest BCUT2D eigenvalue weighted by Crippen LogP contribution is 2.36. The Morgan fingerprint density at radius 3 is 2.58 bits per heavy atom. The molecule has 2 heterocycles. The number of hydrogen-bond acceptors (Lipinski definition) is 6. The third-order valence-electron chi connectivity index (χ3n) is 5.52. The summed E-state index contributed by atoms with van der Waals surface area (Å²) in [5.74, 6) is 1.00. The summed E-state index contributed by atoms with van der Waals surface area (Å²) in [5.41, 5.74) is 1.79. The molecule has 8 heteroatoms. The van der Waals surface area contributed by atoms with Crippen molar-refractivity contribution in [1.82, 2.24) is 4.90 Å². The van der Waals surface area contributed by atoms with Crippen molar-refractivity contribution < 1.29 is 23.8 Å². The Bertz CT molecular complexity index is 941. The molecule has 2 aromatic carbocycles. The van der Waals surface area contributed by atoms with E-state index in [0.29, 0.717) is 48.2 Å². The number of fused-ring (bicyclic) bond motifs is 1. The third-order valence-corrected chi connectivity index (χ3v) is 5.52. The van der Waals surface area contributed by atoms with Gasteiger partial charge >= 0.3 is 0 Å². The fourth-order valence-electron chi connectivity index (χ4n) is 3.73. The van der Waals surface area contributed by atoms with E-state index < -0.39 is 6.10 Å². The molecule has 1 saturated heterocycles. The van der Waals surface area contributed by atoms with Gasteiger partial charge in [0.05, 0.1) is 26.0 Å². The van der Waals surface area contributed by atoms with Crippen molar-refractivity contribution in [2.75, 3.05) is 56.7 Å². The molecule has 2 aliphatic heterocycles. The molecule has 2 aromatic rings. The zero-order valence-corrected chi connectivity index (χ0v) is 17.8. The SMILES string of the molecule is COc1ccc(C(=O)Nc2ccc3c(c2)N(CCN2CCOCC2)C(=O)C(C)O3)cc1. The number of hydrogen-bond donors (Lipinski definition) is 1. The van der Waals surface area contributed by atoms with Crippen LogP contribution < -0.4 is 19.7 Å². The smallest absolute Gasteiger partial charge is 0.267 e. The normalized spacial score (nSPS) is 18.8. The third kappa shape index (κ3) is 4.81. The number of nitrogens with one attached hydrogen (secondary N) is 1. The summed E-state index contributed by atoms with van der Waals surface area (Å²) in [6, 6.07) is 12.3. The van der Waals surface area contributed by atoms with E-state index in [1.165, 1.54) is 0 Å². The van der Waals surface area contributed by atoms with Crippen LogP contribution in [0.2, 0.25) is 0 Å². The predicted octanol–water partition coefficient (Wildman–Crippen LogP) is 2.39. The first-order valence-corrected chi connectivity index (χ1v) is 10.4. The maximum atomic E-state index is 12.8. The van der Waals surface area contributed by atoms with Crippen molar-refractivity contribution in [3.05, 3.63) is 48.0 Å². The maximum absolute atomic E-state index is 12.8. The minimum absolute atomic E-state index is 0.0839. The highest BCUT2D eigenvalue weighted by Gasteiger charge is 2.32. The zero-order chi connectivity index (χ0) is 21.8. The first-order chi connectivity index (χ1) is 15.0. The van der Waals surface area contributed by atoms with Crippen LogP contribution in [0.3, 0.4) is 0 Å². The predicted molar refractivity (Wildman–Crippen MR) is 117 cm³/mol. The number of methoxy groups -OCH3 is 1. The summed E-state index contributed by atoms with van der Waals surface area (Å²) in [5, 5.41) is 2.90. The van der Waals surface area contributed by atoms with Gasteiger partial charge in [-0.2, -0.15) is 0 Å². The molecule has 0 aliphatic carbocycles. The van der Waals surface area contributed by atoms with Crippen LogP contribution >= 0.6 is 0 Å². The Morgan fingerprint density at radius 2 is 1.87 bits per heavy atom. The molecule has 0 aromatic heterocycles. The van der Waals surface area contributed by atoms with Gasteiger partial charge in [0.25, 0.3) is 11.8 Å². The standard InChI is InChI=1S/C23H27N3O5/c1-16-23(28)26(10-9-25-11-13-30-14-12-25)20-15-18(5-8-21(20)31-16)24-22(27)17-3-6-19(29-2)7-4-17/h3-8,15-16H,9-14H2,1-2H3,(H,24,27). The van der Waals surface area contributed by atoms with Gasteiger partial charge in [-0.15, -0.1) is 0 Å². The average Bonchev–Trinajstić information content (AvgIpc) is 2.80. The molecular weight excluding hydrogens is 398 g/mol. The lowest BCUT2D eigenvalue weighted by molar-refractivity contribution is -0.125. The highest BCUT2D eigenvalue weighted by molar-refractivity contribution is 6.05. The van der Waals surface area contributed by atoms with Crippen LogP contribution in [0.25, 0.3) is 0 Å². The number of rotatable bonds is 6. The summed E-state index contributed by atoms with van der Waals surface area (Å²) < 4.78 is 16.3. The lowest BCUT2D eigenvalue weighted by Crippen LogP contribution is -2.48. The van der Waals surface area contributed by atoms with Crippen molar-refractivity contribution in [1.29, 1.82) is 0 Å². The first kappa shape index (κ1) is 21.1. The van der Waals surface area contributed by atoms with Crippen LogP contribution in [0.15, 0.2) is 42.5 Å². The second kappa shape index (κ2) is 9.36. The fourth-order valence-corrected chi connectivity index (χ4v) is 3.73. The Hall–Kier alpha value is -3.10. The van der Waals surface area contributed by atoms with E-state index in [0.717, 1.165) is 19.6 Å². The monoisotopic (exact) mass is 425 g/mol. The quantitative estimate of drug-likeness (QED) is 0.766. The van der Waals surface area contributed by atoms with Gasteiger partial charge in [-0.05, 0) is 49.4 Å². The van der Waals surface area contributed by atoms with Crippen molar-refractivity contribution in [2.45, 2.75) is 13.0 Å². The van der Waals surface area contributed by atoms with E-state index in [9.17, 15) is 9.59 Å². The van der Waals surface area contributed by atoms with Crippen LogP contribution in [0.5, 0.6) is 11.5 Å². The minimum Gasteiger partial charge on any atom is -0.497 e. The van der Waals surface area contributed by atoms with E-state index in [1.807, 2.05) is 0 Å². The Labute approximate surface area is 181 Å². The van der Waals surface area contributed by atoms with Crippen molar-refractivity contribution in [3.8, 4) is 11.5 Å². The van der Waals surface area contributed by atoms with E-state index in [1.54, 1.807) is 61.4 Å². The number of carbonyl (C=O) groups excluding carboxylic acids is 2. The van der Waals surface area contributed by atoms with Crippen LogP contribution in [0, 0.1) is 0 Å². The Morgan fingerprint density at radius 1 is 1.13 bits per heavy atom. The second-order valence-corrected chi connectivity index (χ2v) is 7.57. The van der Waals surface area contributed by atoms with Gasteiger partial charge < -0.3 is 24.4 Å². The first-order valence-electron chi connectivity index (χ1n) is 10.4. The molecule has 1 atom stereocenters. The van der Waals surface area contributed by atoms with E-state index in [4.69, 9.17) is 14.2 Å². The van der Waals surface area contributed by atoms with Crippen molar-refractivity contribution >= 4 is 23.2 Å². The van der Waals surface area contributed by atoms with Crippen molar-refractivity contribution in [3.63, 3.8) is 0 Å². The molecule has 1 unspecified atom stereocenters. The molecule has 0 radical (unpaired) electrons. The molecule has 2 amide bonds. The van der Waals surface area contributed by atoms with Gasteiger partial charge in [0.2, 0.25) is 0 Å². The maximum Gasteiger partial charge on any atom is 0.267 e. The molecule has 1 fully saturated rings. The van der Waals surface area contributed by atoms with Gasteiger partial charge in [0.15, 0.2) is 6.10 Å². The van der Waals surface area contributed by atoms with Gasteiger partial charge in [-0.25, -0.2) is 0 Å². The molecule has 164 valence electrons. The molecule has 4 rings (SSSR count). The number of anilines is 2. The van der Waals surface area contributed by atoms with Crippen LogP contribution in [-0.2, 0) is 9.53 Å². The van der Waals surface area contributed by atoms with Crippen molar-refractivity contribution in [2.24, 2.45) is 0 Å². The summed E-state index contributed by atoms with van der Waals surface area (Å²) >= 11 is 0. The van der Waals surface area contributed by atoms with Gasteiger partial charge in [0.1, 0.15) is 11.5 Å². The number of ether oxygens (including phenoxy) is 3. The fraction of sp³-hybridized carbons (Fsp3) is 0.391. The summed E-state index contributed by atoms with van der Waals surface area (Å²) in [4.78, 5) is 29.5. The number of amides is 2. The summed E-state index contributed by atoms with van der Waals surface area (Å²) in [6.07, 6.45) is -0.545. The van der Waals surface area contributed by atoms with Crippen LogP contribution in [0.1, 0.15) is 17.3 Å². The van der Waals surface area contributed by atoms with Gasteiger partial charge in [0, 0.05) is 37.4 Å². The minimum atomic E-state index is -0.545. The highest BCUT2D eigenvalue weighted by atomic mass is 16.5. The van der Waals surface area contributed by atoms with E-state index in [2.05, 4.69) is 10.2 Å². The van der Waals surface area contributed by atoms with E-state index >= 15 is 0 Å². The van der Waals surface area contributed by atoms with Crippen LogP contribution in [-0.4, -0.2) is 69.3 Å². The molecule has 2 aliphatic rings. The number of nitrogens with zero attached hydrogens (tertiary/aromatic N) is 2. The molecule has 8 nitrogen and oxygen atoms in total. The Balaban J connectivity index is 1.50. The zero-order valence-electron chi connectivity index (χ0n) is 17.8. The topological polar surface area (TPSA) is 80.3 Å². The second-order valence-electron chi connectivity index (χ2n) is 7.57. The number of carbonyl (C=O) groups is 2. The van der Waals surface area contributed by atoms with Crippen LogP contribution in [0.4, 0.5) is 11.4 Å². The molecule has 1 N–H and O–H groups in total. The van der Waals surface area contributed by atoms with Gasteiger partial charge in [-0.1, -0.05) is 0 Å². The molecule has 31 heavy (non-hydrogen) atoms. The molecule has 0 bridgehead atoms. The summed E-state index contributed by atoms with van der Waals surface area (Å²) in [7, 11) is 1.58. The molecule has 0 spiro atoms. The lowest BCUT2D eigenvalue weighted by atomic mass is 10.1. The average molecular weight is 425 g/mol. The molecule has 0 saturated carbocycles.